The van der Waals surface area contributed by atoms with Gasteiger partial charge >= 0.3 is 0 Å². The predicted octanol–water partition coefficient (Wildman–Crippen LogP) is 4.66. The van der Waals surface area contributed by atoms with E-state index in [9.17, 15) is 9.90 Å². The van der Waals surface area contributed by atoms with Gasteiger partial charge in [0.15, 0.2) is 5.78 Å². The summed E-state index contributed by atoms with van der Waals surface area (Å²) in [6, 6.07) is 12.8. The van der Waals surface area contributed by atoms with E-state index in [1.54, 1.807) is 26.4 Å². The van der Waals surface area contributed by atoms with Crippen molar-refractivity contribution in [1.29, 1.82) is 0 Å². The van der Waals surface area contributed by atoms with E-state index in [0.29, 0.717) is 41.5 Å². The minimum absolute atomic E-state index is 0.0214. The highest BCUT2D eigenvalue weighted by atomic mass is 16.5. The number of aryl methyl sites for hydroxylation is 1. The highest BCUT2D eigenvalue weighted by Gasteiger charge is 2.42. The number of ether oxygens (including phenoxy) is 2. The Kier molecular flexibility index (Phi) is 4.89. The molecule has 0 fully saturated rings. The molecule has 1 aromatic heterocycles. The summed E-state index contributed by atoms with van der Waals surface area (Å²) < 4.78 is 16.7. The van der Waals surface area contributed by atoms with E-state index in [1.165, 1.54) is 0 Å². The van der Waals surface area contributed by atoms with E-state index in [-0.39, 0.29) is 17.5 Å². The van der Waals surface area contributed by atoms with E-state index in [2.05, 4.69) is 10.5 Å². The van der Waals surface area contributed by atoms with Gasteiger partial charge in [0.25, 0.3) is 0 Å². The monoisotopic (exact) mass is 432 g/mol. The van der Waals surface area contributed by atoms with Crippen LogP contribution in [0.1, 0.15) is 47.1 Å². The van der Waals surface area contributed by atoms with E-state index in [4.69, 9.17) is 14.0 Å². The molecule has 0 saturated carbocycles. The van der Waals surface area contributed by atoms with Gasteiger partial charge < -0.3 is 24.4 Å². The standard InChI is InChI=1S/C25H24N2O5/c1-13-22-23(17-12-15(30-2)8-9-21(17)31-3)24-18(26-25(22)32-27-13)10-14(11-20(24)29)16-6-4-5-7-19(16)28/h4-9,12,14,23,26,28H,10-11H2,1-3H3/t14-,23-/m0/s1. The van der Waals surface area contributed by atoms with Crippen molar-refractivity contribution >= 4 is 11.7 Å². The van der Waals surface area contributed by atoms with Crippen molar-refractivity contribution < 1.29 is 23.9 Å². The largest absolute Gasteiger partial charge is 0.508 e. The quantitative estimate of drug-likeness (QED) is 0.619. The van der Waals surface area contributed by atoms with Gasteiger partial charge in [-0.3, -0.25) is 4.79 Å². The lowest BCUT2D eigenvalue weighted by Crippen LogP contribution is -2.29. The summed E-state index contributed by atoms with van der Waals surface area (Å²) in [5.74, 6) is 1.56. The third-order valence-electron chi connectivity index (χ3n) is 6.38. The number of anilines is 1. The van der Waals surface area contributed by atoms with Gasteiger partial charge in [-0.2, -0.15) is 0 Å². The Morgan fingerprint density at radius 2 is 1.91 bits per heavy atom. The van der Waals surface area contributed by atoms with E-state index in [0.717, 1.165) is 22.4 Å². The average Bonchev–Trinajstić information content (AvgIpc) is 3.17. The Bertz CT molecular complexity index is 1240. The lowest BCUT2D eigenvalue weighted by atomic mass is 9.72. The van der Waals surface area contributed by atoms with Crippen LogP contribution in [0.2, 0.25) is 0 Å². The zero-order chi connectivity index (χ0) is 22.4. The number of phenols is 1. The number of nitrogens with zero attached hydrogens (tertiary/aromatic N) is 1. The summed E-state index contributed by atoms with van der Waals surface area (Å²) in [4.78, 5) is 13.6. The highest BCUT2D eigenvalue weighted by molar-refractivity contribution is 6.01. The lowest BCUT2D eigenvalue weighted by molar-refractivity contribution is -0.116. The van der Waals surface area contributed by atoms with Crippen LogP contribution < -0.4 is 14.8 Å². The molecular formula is C25H24N2O5. The summed E-state index contributed by atoms with van der Waals surface area (Å²) in [6.07, 6.45) is 0.876. The number of allylic oxidation sites excluding steroid dienone is 2. The Morgan fingerprint density at radius 1 is 1.09 bits per heavy atom. The van der Waals surface area contributed by atoms with Gasteiger partial charge in [0.2, 0.25) is 5.88 Å². The molecule has 5 rings (SSSR count). The molecule has 2 N–H and O–H groups in total. The number of Topliss-reactive ketones (excluding diaryl/α,β-unsaturated/α-hetero) is 1. The SMILES string of the molecule is COc1ccc(OC)c([C@@H]2C3=C(C[C@H](c4ccccc4O)CC3=O)Nc3onc(C)c32)c1. The van der Waals surface area contributed by atoms with Gasteiger partial charge in [-0.05, 0) is 43.2 Å². The summed E-state index contributed by atoms with van der Waals surface area (Å²) in [7, 11) is 3.22. The average molecular weight is 432 g/mol. The van der Waals surface area contributed by atoms with Crippen molar-refractivity contribution in [2.75, 3.05) is 19.5 Å². The topological polar surface area (TPSA) is 93.8 Å². The van der Waals surface area contributed by atoms with Crippen LogP contribution in [0.25, 0.3) is 0 Å². The molecule has 7 heteroatoms. The van der Waals surface area contributed by atoms with Crippen LogP contribution in [0.5, 0.6) is 17.2 Å². The number of rotatable bonds is 4. The Balaban J connectivity index is 1.68. The minimum Gasteiger partial charge on any atom is -0.508 e. The number of hydrogen-bond donors (Lipinski definition) is 2. The number of ketones is 1. The molecule has 164 valence electrons. The van der Waals surface area contributed by atoms with Crippen LogP contribution in [-0.2, 0) is 4.79 Å². The molecule has 1 aliphatic heterocycles. The molecule has 2 aliphatic rings. The number of phenolic OH excluding ortho intramolecular Hbond substituents is 1. The fourth-order valence-corrected chi connectivity index (χ4v) is 4.90. The van der Waals surface area contributed by atoms with Crippen LogP contribution in [0.15, 0.2) is 58.3 Å². The van der Waals surface area contributed by atoms with E-state index < -0.39 is 5.92 Å². The second-order valence-electron chi connectivity index (χ2n) is 8.16. The van der Waals surface area contributed by atoms with E-state index in [1.807, 2.05) is 37.3 Å². The molecule has 0 amide bonds. The van der Waals surface area contributed by atoms with Crippen molar-refractivity contribution in [3.8, 4) is 17.2 Å². The maximum Gasteiger partial charge on any atom is 0.233 e. The zero-order valence-corrected chi connectivity index (χ0v) is 18.1. The van der Waals surface area contributed by atoms with Crippen LogP contribution in [-0.4, -0.2) is 30.3 Å². The van der Waals surface area contributed by atoms with Crippen molar-refractivity contribution in [2.24, 2.45) is 0 Å². The highest BCUT2D eigenvalue weighted by Crippen LogP contribution is 2.51. The maximum absolute atomic E-state index is 13.6. The summed E-state index contributed by atoms with van der Waals surface area (Å²) in [5, 5.41) is 17.8. The summed E-state index contributed by atoms with van der Waals surface area (Å²) >= 11 is 0. The molecule has 0 spiro atoms. The van der Waals surface area contributed by atoms with Crippen molar-refractivity contribution in [1.82, 2.24) is 5.16 Å². The number of carbonyl (C=O) groups excluding carboxylic acids is 1. The van der Waals surface area contributed by atoms with Gasteiger partial charge in [-0.25, -0.2) is 0 Å². The van der Waals surface area contributed by atoms with Gasteiger partial charge in [0.1, 0.15) is 17.2 Å². The number of fused-ring (bicyclic) bond motifs is 1. The third-order valence-corrected chi connectivity index (χ3v) is 6.38. The van der Waals surface area contributed by atoms with Crippen LogP contribution >= 0.6 is 0 Å². The lowest BCUT2D eigenvalue weighted by Gasteiger charge is -2.35. The van der Waals surface area contributed by atoms with E-state index >= 15 is 0 Å². The van der Waals surface area contributed by atoms with Crippen LogP contribution in [0, 0.1) is 6.92 Å². The Labute approximate surface area is 185 Å². The molecule has 2 atom stereocenters. The predicted molar refractivity (Wildman–Crippen MR) is 118 cm³/mol. The van der Waals surface area contributed by atoms with Gasteiger partial charge in [0.05, 0.1) is 31.4 Å². The number of hydrogen-bond acceptors (Lipinski definition) is 7. The first kappa shape index (κ1) is 20.2. The number of para-hydroxylation sites is 1. The summed E-state index contributed by atoms with van der Waals surface area (Å²) in [5.41, 5.74) is 4.59. The zero-order valence-electron chi connectivity index (χ0n) is 18.1. The molecule has 0 unspecified atom stereocenters. The van der Waals surface area contributed by atoms with Crippen LogP contribution in [0.3, 0.4) is 0 Å². The number of aromatic nitrogens is 1. The van der Waals surface area contributed by atoms with Gasteiger partial charge in [0, 0.05) is 29.2 Å². The van der Waals surface area contributed by atoms with Gasteiger partial charge in [-0.1, -0.05) is 23.4 Å². The molecule has 0 saturated heterocycles. The second kappa shape index (κ2) is 7.75. The second-order valence-corrected chi connectivity index (χ2v) is 8.16. The molecule has 0 radical (unpaired) electrons. The molecule has 2 heterocycles. The maximum atomic E-state index is 13.6. The first-order chi connectivity index (χ1) is 15.5. The third kappa shape index (κ3) is 3.12. The Morgan fingerprint density at radius 3 is 2.66 bits per heavy atom. The van der Waals surface area contributed by atoms with Crippen molar-refractivity contribution in [3.05, 3.63) is 76.1 Å². The fraction of sp³-hybridized carbons (Fsp3) is 0.280. The minimum atomic E-state index is -0.393. The normalized spacial score (nSPS) is 19.8. The fourth-order valence-electron chi connectivity index (χ4n) is 4.90. The molecule has 3 aromatic rings. The number of methoxy groups -OCH3 is 2. The molecule has 7 nitrogen and oxygen atoms in total. The number of nitrogens with one attached hydrogen (secondary N) is 1. The summed E-state index contributed by atoms with van der Waals surface area (Å²) in [6.45, 7) is 1.87. The molecular weight excluding hydrogens is 408 g/mol. The molecule has 2 aromatic carbocycles. The van der Waals surface area contributed by atoms with Gasteiger partial charge in [-0.15, -0.1) is 0 Å². The smallest absolute Gasteiger partial charge is 0.233 e. The first-order valence-electron chi connectivity index (χ1n) is 10.5. The molecule has 0 bridgehead atoms. The number of benzene rings is 2. The Hall–Kier alpha value is -3.74. The number of aromatic hydroxyl groups is 1. The van der Waals surface area contributed by atoms with Crippen molar-refractivity contribution in [3.63, 3.8) is 0 Å². The molecule has 32 heavy (non-hydrogen) atoms. The van der Waals surface area contributed by atoms with Crippen molar-refractivity contribution in [2.45, 2.75) is 31.6 Å². The first-order valence-corrected chi connectivity index (χ1v) is 10.5. The number of carbonyl (C=O) groups is 1. The van der Waals surface area contributed by atoms with Crippen LogP contribution in [0.4, 0.5) is 5.88 Å². The molecule has 1 aliphatic carbocycles.